The molecule has 0 unspecified atom stereocenters. The second kappa shape index (κ2) is 3.01. The highest BCUT2D eigenvalue weighted by Crippen LogP contribution is 2.23. The van der Waals surface area contributed by atoms with Gasteiger partial charge < -0.3 is 0 Å². The zero-order chi connectivity index (χ0) is 10.2. The van der Waals surface area contributed by atoms with Gasteiger partial charge in [-0.2, -0.15) is 0 Å². The molecule has 0 saturated carbocycles. The second-order valence-corrected chi connectivity index (χ2v) is 4.40. The third-order valence-corrected chi connectivity index (χ3v) is 2.22. The van der Waals surface area contributed by atoms with E-state index in [1.807, 2.05) is 6.20 Å². The van der Waals surface area contributed by atoms with Crippen LogP contribution in [0, 0.1) is 0 Å². The van der Waals surface area contributed by atoms with Gasteiger partial charge in [-0.05, 0) is 17.0 Å². The number of fused-ring (bicyclic) bond motifs is 1. The second-order valence-electron chi connectivity index (χ2n) is 4.40. The van der Waals surface area contributed by atoms with E-state index in [0.717, 1.165) is 11.0 Å². The van der Waals surface area contributed by atoms with Crippen LogP contribution in [0.3, 0.4) is 0 Å². The highest BCUT2D eigenvalue weighted by atomic mass is 14.8. The molecular formula is C11H13N3. The summed E-state index contributed by atoms with van der Waals surface area (Å²) in [6.07, 6.45) is 5.18. The number of rotatable bonds is 0. The molecule has 0 aliphatic rings. The van der Waals surface area contributed by atoms with Gasteiger partial charge in [-0.1, -0.05) is 20.8 Å². The van der Waals surface area contributed by atoms with Crippen molar-refractivity contribution in [3.63, 3.8) is 0 Å². The Morgan fingerprint density at radius 2 is 1.79 bits per heavy atom. The lowest BCUT2D eigenvalue weighted by Crippen LogP contribution is -2.11. The van der Waals surface area contributed by atoms with Crippen LogP contribution in [-0.2, 0) is 5.41 Å². The monoisotopic (exact) mass is 187 g/mol. The fourth-order valence-corrected chi connectivity index (χ4v) is 1.28. The van der Waals surface area contributed by atoms with Crippen LogP contribution in [-0.4, -0.2) is 15.0 Å². The summed E-state index contributed by atoms with van der Waals surface area (Å²) in [6, 6.07) is 2.07. The fourth-order valence-electron chi connectivity index (χ4n) is 1.28. The van der Waals surface area contributed by atoms with Gasteiger partial charge in [0.2, 0.25) is 0 Å². The van der Waals surface area contributed by atoms with Crippen LogP contribution < -0.4 is 0 Å². The average molecular weight is 187 g/mol. The molecule has 72 valence electrons. The van der Waals surface area contributed by atoms with Gasteiger partial charge in [0, 0.05) is 6.20 Å². The van der Waals surface area contributed by atoms with Gasteiger partial charge in [0.15, 0.2) is 0 Å². The van der Waals surface area contributed by atoms with Crippen molar-refractivity contribution in [1.29, 1.82) is 0 Å². The first kappa shape index (κ1) is 9.06. The minimum absolute atomic E-state index is 0.117. The predicted molar refractivity (Wildman–Crippen MR) is 56.0 cm³/mol. The van der Waals surface area contributed by atoms with E-state index in [2.05, 4.69) is 41.8 Å². The summed E-state index contributed by atoms with van der Waals surface area (Å²) in [5, 5.41) is 0. The first-order valence-electron chi connectivity index (χ1n) is 4.63. The third-order valence-electron chi connectivity index (χ3n) is 2.22. The van der Waals surface area contributed by atoms with Gasteiger partial charge in [0.05, 0.1) is 11.7 Å². The van der Waals surface area contributed by atoms with Crippen molar-refractivity contribution in [2.24, 2.45) is 0 Å². The zero-order valence-corrected chi connectivity index (χ0v) is 8.65. The van der Waals surface area contributed by atoms with Crippen molar-refractivity contribution in [2.75, 3.05) is 0 Å². The molecular weight excluding hydrogens is 174 g/mol. The topological polar surface area (TPSA) is 38.7 Å². The van der Waals surface area contributed by atoms with E-state index < -0.39 is 0 Å². The van der Waals surface area contributed by atoms with Crippen LogP contribution >= 0.6 is 0 Å². The van der Waals surface area contributed by atoms with Crippen LogP contribution in [0.1, 0.15) is 26.3 Å². The molecule has 3 heteroatoms. The van der Waals surface area contributed by atoms with Crippen LogP contribution in [0.25, 0.3) is 11.0 Å². The molecule has 0 spiro atoms. The summed E-state index contributed by atoms with van der Waals surface area (Å²) in [5.41, 5.74) is 3.07. The standard InChI is InChI=1S/C11H13N3/c1-11(2,3)8-4-9-10(13-5-8)6-12-7-14-9/h4-7H,1-3H3. The molecule has 2 aromatic heterocycles. The molecule has 3 nitrogen and oxygen atoms in total. The van der Waals surface area contributed by atoms with Gasteiger partial charge >= 0.3 is 0 Å². The highest BCUT2D eigenvalue weighted by Gasteiger charge is 2.14. The molecule has 0 aliphatic heterocycles. The first-order valence-corrected chi connectivity index (χ1v) is 4.63. The van der Waals surface area contributed by atoms with Crippen LogP contribution in [0.15, 0.2) is 24.8 Å². The maximum atomic E-state index is 4.32. The normalized spacial score (nSPS) is 11.9. The lowest BCUT2D eigenvalue weighted by atomic mass is 9.88. The number of hydrogen-bond donors (Lipinski definition) is 0. The van der Waals surface area contributed by atoms with Crippen molar-refractivity contribution < 1.29 is 0 Å². The van der Waals surface area contributed by atoms with Gasteiger partial charge in [0.25, 0.3) is 0 Å². The average Bonchev–Trinajstić information content (AvgIpc) is 2.16. The molecule has 2 rings (SSSR count). The van der Waals surface area contributed by atoms with Crippen molar-refractivity contribution in [2.45, 2.75) is 26.2 Å². The molecule has 0 aliphatic carbocycles. The van der Waals surface area contributed by atoms with E-state index in [9.17, 15) is 0 Å². The quantitative estimate of drug-likeness (QED) is 0.635. The number of aromatic nitrogens is 3. The van der Waals surface area contributed by atoms with Crippen molar-refractivity contribution in [3.05, 3.63) is 30.4 Å². The Morgan fingerprint density at radius 3 is 2.50 bits per heavy atom. The maximum Gasteiger partial charge on any atom is 0.116 e. The Hall–Kier alpha value is -1.51. The summed E-state index contributed by atoms with van der Waals surface area (Å²) in [4.78, 5) is 12.4. The van der Waals surface area contributed by atoms with Crippen LogP contribution in [0.2, 0.25) is 0 Å². The minimum Gasteiger partial charge on any atom is -0.253 e. The molecule has 0 bridgehead atoms. The van der Waals surface area contributed by atoms with Gasteiger partial charge in [-0.15, -0.1) is 0 Å². The SMILES string of the molecule is CC(C)(C)c1cnc2cncnc2c1. The van der Waals surface area contributed by atoms with E-state index in [1.165, 1.54) is 5.56 Å². The first-order chi connectivity index (χ1) is 6.57. The van der Waals surface area contributed by atoms with Crippen molar-refractivity contribution in [3.8, 4) is 0 Å². The molecule has 2 aromatic rings. The van der Waals surface area contributed by atoms with E-state index in [4.69, 9.17) is 0 Å². The van der Waals surface area contributed by atoms with Crippen LogP contribution in [0.4, 0.5) is 0 Å². The van der Waals surface area contributed by atoms with E-state index in [1.54, 1.807) is 12.5 Å². The van der Waals surface area contributed by atoms with Crippen molar-refractivity contribution in [1.82, 2.24) is 15.0 Å². The largest absolute Gasteiger partial charge is 0.253 e. The van der Waals surface area contributed by atoms with E-state index in [0.29, 0.717) is 0 Å². The smallest absolute Gasteiger partial charge is 0.116 e. The number of hydrogen-bond acceptors (Lipinski definition) is 3. The fraction of sp³-hybridized carbons (Fsp3) is 0.364. The van der Waals surface area contributed by atoms with Gasteiger partial charge in [0.1, 0.15) is 11.8 Å². The lowest BCUT2D eigenvalue weighted by Gasteiger charge is -2.18. The Bertz CT molecular complexity index is 457. The predicted octanol–water partition coefficient (Wildman–Crippen LogP) is 2.32. The van der Waals surface area contributed by atoms with Gasteiger partial charge in [-0.3, -0.25) is 4.98 Å². The summed E-state index contributed by atoms with van der Waals surface area (Å²) in [7, 11) is 0. The Labute approximate surface area is 83.2 Å². The number of nitrogens with zero attached hydrogens (tertiary/aromatic N) is 3. The Kier molecular flexibility index (Phi) is 1.95. The third kappa shape index (κ3) is 1.58. The molecule has 14 heavy (non-hydrogen) atoms. The maximum absolute atomic E-state index is 4.32. The summed E-state index contributed by atoms with van der Waals surface area (Å²) in [6.45, 7) is 6.49. The molecule has 0 fully saturated rings. The molecule has 2 heterocycles. The molecule has 0 saturated heterocycles. The summed E-state index contributed by atoms with van der Waals surface area (Å²) >= 11 is 0. The molecule has 0 amide bonds. The van der Waals surface area contributed by atoms with Gasteiger partial charge in [-0.25, -0.2) is 9.97 Å². The molecule has 0 N–H and O–H groups in total. The molecule has 0 aromatic carbocycles. The zero-order valence-electron chi connectivity index (χ0n) is 8.65. The van der Waals surface area contributed by atoms with Crippen molar-refractivity contribution >= 4 is 11.0 Å². The molecule has 0 atom stereocenters. The van der Waals surface area contributed by atoms with Crippen LogP contribution in [0.5, 0.6) is 0 Å². The van der Waals surface area contributed by atoms with E-state index >= 15 is 0 Å². The minimum atomic E-state index is 0.117. The highest BCUT2D eigenvalue weighted by molar-refractivity contribution is 5.73. The Balaban J connectivity index is 2.63. The van der Waals surface area contributed by atoms with E-state index in [-0.39, 0.29) is 5.41 Å². The summed E-state index contributed by atoms with van der Waals surface area (Å²) < 4.78 is 0. The summed E-state index contributed by atoms with van der Waals surface area (Å²) in [5.74, 6) is 0. The molecule has 0 radical (unpaired) electrons. The number of pyridine rings is 1. The Morgan fingerprint density at radius 1 is 1.00 bits per heavy atom. The lowest BCUT2D eigenvalue weighted by molar-refractivity contribution is 0.588.